The molecule has 1 unspecified atom stereocenters. The third-order valence-electron chi connectivity index (χ3n) is 4.81. The van der Waals surface area contributed by atoms with Gasteiger partial charge in [-0.25, -0.2) is 9.18 Å². The van der Waals surface area contributed by atoms with Crippen molar-refractivity contribution in [1.82, 2.24) is 15.1 Å². The summed E-state index contributed by atoms with van der Waals surface area (Å²) in [5.41, 5.74) is 1.16. The van der Waals surface area contributed by atoms with E-state index in [1.807, 2.05) is 0 Å². The largest absolute Gasteiger partial charge is 0.442 e. The van der Waals surface area contributed by atoms with Gasteiger partial charge >= 0.3 is 6.09 Å². The second kappa shape index (κ2) is 10.4. The second-order valence-electron chi connectivity index (χ2n) is 7.15. The van der Waals surface area contributed by atoms with E-state index in [9.17, 15) is 18.8 Å². The lowest BCUT2D eigenvalue weighted by atomic mass is 10.2. The van der Waals surface area contributed by atoms with Gasteiger partial charge in [0.15, 0.2) is 0 Å². The van der Waals surface area contributed by atoms with Crippen molar-refractivity contribution in [3.8, 4) is 0 Å². The molecular weight excluding hydrogens is 401 g/mol. The normalized spacial score (nSPS) is 16.4. The topological polar surface area (TPSA) is 79.0 Å². The van der Waals surface area contributed by atoms with Gasteiger partial charge < -0.3 is 19.9 Å². The highest BCUT2D eigenvalue weighted by Gasteiger charge is 2.32. The first-order chi connectivity index (χ1) is 15.0. The molecular formula is C23H24FN3O4. The Labute approximate surface area is 180 Å². The lowest BCUT2D eigenvalue weighted by Crippen LogP contribution is -2.41. The van der Waals surface area contributed by atoms with E-state index in [0.29, 0.717) is 11.1 Å². The molecule has 2 aromatic carbocycles. The van der Waals surface area contributed by atoms with Gasteiger partial charge in [0, 0.05) is 18.7 Å². The van der Waals surface area contributed by atoms with Gasteiger partial charge in [-0.3, -0.25) is 9.59 Å². The summed E-state index contributed by atoms with van der Waals surface area (Å²) in [4.78, 5) is 40.7. The molecule has 0 radical (unpaired) electrons. The maximum Gasteiger partial charge on any atom is 0.407 e. The fraction of sp³-hybridized carbons (Fsp3) is 0.261. The molecule has 1 aliphatic heterocycles. The van der Waals surface area contributed by atoms with Gasteiger partial charge in [-0.15, -0.1) is 6.58 Å². The Hall–Kier alpha value is -3.68. The zero-order valence-electron chi connectivity index (χ0n) is 17.0. The van der Waals surface area contributed by atoms with Crippen molar-refractivity contribution in [1.29, 1.82) is 0 Å². The molecule has 3 rings (SSSR count). The van der Waals surface area contributed by atoms with E-state index in [0.717, 1.165) is 0 Å². The van der Waals surface area contributed by atoms with Gasteiger partial charge in [0.05, 0.1) is 13.1 Å². The maximum absolute atomic E-state index is 13.0. The van der Waals surface area contributed by atoms with Crippen LogP contribution in [0.4, 0.5) is 9.18 Å². The first-order valence-electron chi connectivity index (χ1n) is 9.88. The first kappa shape index (κ1) is 22.0. The van der Waals surface area contributed by atoms with Crippen LogP contribution in [0.1, 0.15) is 15.9 Å². The predicted molar refractivity (Wildman–Crippen MR) is 113 cm³/mol. The van der Waals surface area contributed by atoms with Crippen LogP contribution in [-0.2, 0) is 16.1 Å². The summed E-state index contributed by atoms with van der Waals surface area (Å²) >= 11 is 0. The minimum atomic E-state index is -0.715. The summed E-state index contributed by atoms with van der Waals surface area (Å²) in [6.45, 7) is 4.21. The summed E-state index contributed by atoms with van der Waals surface area (Å²) in [5.74, 6) is -0.920. The predicted octanol–water partition coefficient (Wildman–Crippen LogP) is 2.59. The molecule has 8 heteroatoms. The zero-order valence-corrected chi connectivity index (χ0v) is 17.0. The van der Waals surface area contributed by atoms with E-state index in [-0.39, 0.29) is 50.4 Å². The molecule has 1 heterocycles. The summed E-state index contributed by atoms with van der Waals surface area (Å²) in [5, 5.41) is 2.61. The minimum absolute atomic E-state index is 0.0804. The van der Waals surface area contributed by atoms with Crippen molar-refractivity contribution >= 4 is 17.9 Å². The van der Waals surface area contributed by atoms with Crippen LogP contribution in [0.2, 0.25) is 0 Å². The average Bonchev–Trinajstić information content (AvgIpc) is 2.92. The Morgan fingerprint density at radius 3 is 2.52 bits per heavy atom. The maximum atomic E-state index is 13.0. The number of nitrogens with zero attached hydrogens (tertiary/aromatic N) is 2. The molecule has 1 fully saturated rings. The van der Waals surface area contributed by atoms with Gasteiger partial charge in [0.2, 0.25) is 5.91 Å². The number of amides is 3. The van der Waals surface area contributed by atoms with E-state index in [1.165, 1.54) is 21.9 Å². The molecule has 2 aromatic rings. The number of hydrogen-bond acceptors (Lipinski definition) is 4. The van der Waals surface area contributed by atoms with Crippen molar-refractivity contribution in [2.24, 2.45) is 0 Å². The van der Waals surface area contributed by atoms with Crippen LogP contribution in [0.3, 0.4) is 0 Å². The molecule has 0 aliphatic carbocycles. The van der Waals surface area contributed by atoms with Gasteiger partial charge in [-0.1, -0.05) is 36.4 Å². The molecule has 1 aliphatic rings. The Morgan fingerprint density at radius 1 is 1.13 bits per heavy atom. The van der Waals surface area contributed by atoms with Gasteiger partial charge in [0.25, 0.3) is 5.91 Å². The summed E-state index contributed by atoms with van der Waals surface area (Å²) in [7, 11) is 0. The quantitative estimate of drug-likeness (QED) is 0.722. The van der Waals surface area contributed by atoms with Crippen LogP contribution in [0.15, 0.2) is 67.3 Å². The average molecular weight is 425 g/mol. The standard InChI is InChI=1S/C23H24FN3O4/c1-2-12-26-14-20(31-23(30)25-13-17-8-10-19(24)11-9-17)15-27(16-21(26)28)22(29)18-6-4-3-5-7-18/h2-11,20H,1,12-16H2,(H,25,30). The highest BCUT2D eigenvalue weighted by atomic mass is 19.1. The molecule has 0 spiro atoms. The molecule has 3 amide bonds. The second-order valence-corrected chi connectivity index (χ2v) is 7.15. The number of benzene rings is 2. The number of rotatable bonds is 6. The van der Waals surface area contributed by atoms with Crippen molar-refractivity contribution in [3.63, 3.8) is 0 Å². The third-order valence-corrected chi connectivity index (χ3v) is 4.81. The van der Waals surface area contributed by atoms with E-state index in [2.05, 4.69) is 11.9 Å². The van der Waals surface area contributed by atoms with Crippen LogP contribution in [0.25, 0.3) is 0 Å². The lowest BCUT2D eigenvalue weighted by Gasteiger charge is -2.24. The zero-order chi connectivity index (χ0) is 22.2. The van der Waals surface area contributed by atoms with Crippen LogP contribution in [0.5, 0.6) is 0 Å². The third kappa shape index (κ3) is 6.15. The van der Waals surface area contributed by atoms with Crippen LogP contribution >= 0.6 is 0 Å². The molecule has 0 aromatic heterocycles. The van der Waals surface area contributed by atoms with Gasteiger partial charge in [-0.05, 0) is 29.8 Å². The molecule has 31 heavy (non-hydrogen) atoms. The SMILES string of the molecule is C=CCN1CC(OC(=O)NCc2ccc(F)cc2)CN(C(=O)c2ccccc2)CC1=O. The number of hydrogen-bond donors (Lipinski definition) is 1. The first-order valence-corrected chi connectivity index (χ1v) is 9.88. The fourth-order valence-corrected chi connectivity index (χ4v) is 3.27. The van der Waals surface area contributed by atoms with Gasteiger partial charge in [0.1, 0.15) is 18.5 Å². The van der Waals surface area contributed by atoms with Crippen LogP contribution in [-0.4, -0.2) is 60.0 Å². The van der Waals surface area contributed by atoms with E-state index in [1.54, 1.807) is 48.5 Å². The van der Waals surface area contributed by atoms with Gasteiger partial charge in [-0.2, -0.15) is 0 Å². The number of ether oxygens (including phenoxy) is 1. The Balaban J connectivity index is 1.67. The summed E-state index contributed by atoms with van der Waals surface area (Å²) < 4.78 is 18.5. The smallest absolute Gasteiger partial charge is 0.407 e. The molecule has 1 atom stereocenters. The molecule has 7 nitrogen and oxygen atoms in total. The van der Waals surface area contributed by atoms with E-state index < -0.39 is 12.2 Å². The lowest BCUT2D eigenvalue weighted by molar-refractivity contribution is -0.130. The molecule has 1 saturated heterocycles. The highest BCUT2D eigenvalue weighted by Crippen LogP contribution is 2.13. The van der Waals surface area contributed by atoms with Crippen LogP contribution in [0, 0.1) is 5.82 Å². The van der Waals surface area contributed by atoms with E-state index >= 15 is 0 Å². The highest BCUT2D eigenvalue weighted by molar-refractivity contribution is 5.96. The molecule has 0 bridgehead atoms. The van der Waals surface area contributed by atoms with Crippen molar-refractivity contribution in [3.05, 3.63) is 84.2 Å². The minimum Gasteiger partial charge on any atom is -0.442 e. The molecule has 1 N–H and O–H groups in total. The number of halogens is 1. The fourth-order valence-electron chi connectivity index (χ4n) is 3.27. The molecule has 0 saturated carbocycles. The monoisotopic (exact) mass is 425 g/mol. The summed E-state index contributed by atoms with van der Waals surface area (Å²) in [6.07, 6.45) is 0.180. The van der Waals surface area contributed by atoms with Crippen LogP contribution < -0.4 is 5.32 Å². The number of alkyl carbamates (subject to hydrolysis) is 1. The summed E-state index contributed by atoms with van der Waals surface area (Å²) in [6, 6.07) is 14.4. The number of carbonyl (C=O) groups excluding carboxylic acids is 3. The Morgan fingerprint density at radius 2 is 1.84 bits per heavy atom. The van der Waals surface area contributed by atoms with Crippen molar-refractivity contribution in [2.45, 2.75) is 12.6 Å². The van der Waals surface area contributed by atoms with Crippen molar-refractivity contribution < 1.29 is 23.5 Å². The molecule has 162 valence electrons. The van der Waals surface area contributed by atoms with E-state index in [4.69, 9.17) is 4.74 Å². The Kier molecular flexibility index (Phi) is 7.37. The number of carbonyl (C=O) groups is 3. The number of nitrogens with one attached hydrogen (secondary N) is 1. The Bertz CT molecular complexity index is 934. The van der Waals surface area contributed by atoms with Crippen molar-refractivity contribution in [2.75, 3.05) is 26.2 Å².